The second-order valence-electron chi connectivity index (χ2n) is 2.66. The van der Waals surface area contributed by atoms with Gasteiger partial charge >= 0.3 is 0 Å². The Labute approximate surface area is 77.4 Å². The van der Waals surface area contributed by atoms with Crippen LogP contribution in [0.2, 0.25) is 5.02 Å². The molecule has 3 heteroatoms. The predicted octanol–water partition coefficient (Wildman–Crippen LogP) is 2.30. The summed E-state index contributed by atoms with van der Waals surface area (Å²) in [4.78, 5) is 4.73. The van der Waals surface area contributed by atoms with Crippen LogP contribution in [0.5, 0.6) is 0 Å². The summed E-state index contributed by atoms with van der Waals surface area (Å²) < 4.78 is 0. The van der Waals surface area contributed by atoms with E-state index < -0.39 is 0 Å². The van der Waals surface area contributed by atoms with E-state index in [1.165, 1.54) is 0 Å². The van der Waals surface area contributed by atoms with E-state index in [9.17, 15) is 0 Å². The molecule has 0 aliphatic rings. The molecule has 0 aliphatic carbocycles. The highest BCUT2D eigenvalue weighted by Gasteiger charge is 1.95. The normalized spacial score (nSPS) is 10.2. The lowest BCUT2D eigenvalue weighted by molar-refractivity contribution is 0.0867. The van der Waals surface area contributed by atoms with Gasteiger partial charge in [0, 0.05) is 11.6 Å². The van der Waals surface area contributed by atoms with Crippen LogP contribution >= 0.6 is 11.6 Å². The SMILES string of the molecule is CONCc1cc(C)cc(Cl)c1. The Hall–Kier alpha value is -0.570. The quantitative estimate of drug-likeness (QED) is 0.730. The van der Waals surface area contributed by atoms with Crippen molar-refractivity contribution in [2.45, 2.75) is 13.5 Å². The Morgan fingerprint density at radius 3 is 2.75 bits per heavy atom. The molecule has 2 nitrogen and oxygen atoms in total. The molecule has 0 atom stereocenters. The van der Waals surface area contributed by atoms with Gasteiger partial charge in [0.05, 0.1) is 7.11 Å². The molecular formula is C9H12ClNO. The van der Waals surface area contributed by atoms with Crippen LogP contribution in [0.15, 0.2) is 18.2 Å². The summed E-state index contributed by atoms with van der Waals surface area (Å²) in [6.07, 6.45) is 0. The zero-order valence-electron chi connectivity index (χ0n) is 7.23. The number of benzene rings is 1. The van der Waals surface area contributed by atoms with E-state index >= 15 is 0 Å². The van der Waals surface area contributed by atoms with E-state index in [2.05, 4.69) is 11.5 Å². The van der Waals surface area contributed by atoms with Gasteiger partial charge in [-0.3, -0.25) is 0 Å². The molecule has 0 bridgehead atoms. The number of hydroxylamine groups is 1. The summed E-state index contributed by atoms with van der Waals surface area (Å²) in [6.45, 7) is 2.69. The molecule has 1 aromatic rings. The molecule has 0 unspecified atom stereocenters. The molecule has 0 aliphatic heterocycles. The molecule has 0 fully saturated rings. The molecule has 0 heterocycles. The van der Waals surface area contributed by atoms with Crippen LogP contribution < -0.4 is 5.48 Å². The van der Waals surface area contributed by atoms with Gasteiger partial charge < -0.3 is 4.84 Å². The van der Waals surface area contributed by atoms with Gasteiger partial charge in [0.25, 0.3) is 0 Å². The minimum absolute atomic E-state index is 0.678. The second kappa shape index (κ2) is 4.45. The van der Waals surface area contributed by atoms with Gasteiger partial charge in [-0.2, -0.15) is 5.48 Å². The molecule has 1 aromatic carbocycles. The van der Waals surface area contributed by atoms with Crippen LogP contribution in [0, 0.1) is 6.92 Å². The minimum atomic E-state index is 0.678. The first-order valence-corrected chi connectivity index (χ1v) is 4.12. The van der Waals surface area contributed by atoms with E-state index in [-0.39, 0.29) is 0 Å². The topological polar surface area (TPSA) is 21.3 Å². The Balaban J connectivity index is 2.72. The zero-order valence-corrected chi connectivity index (χ0v) is 7.98. The van der Waals surface area contributed by atoms with Gasteiger partial charge in [-0.05, 0) is 30.2 Å². The molecule has 66 valence electrons. The van der Waals surface area contributed by atoms with Crippen LogP contribution in [-0.2, 0) is 11.4 Å². The predicted molar refractivity (Wildman–Crippen MR) is 50.0 cm³/mol. The Morgan fingerprint density at radius 2 is 2.17 bits per heavy atom. The summed E-state index contributed by atoms with van der Waals surface area (Å²) in [5.74, 6) is 0. The molecule has 0 amide bonds. The maximum Gasteiger partial charge on any atom is 0.0572 e. The van der Waals surface area contributed by atoms with Crippen molar-refractivity contribution in [3.8, 4) is 0 Å². The van der Waals surface area contributed by atoms with Gasteiger partial charge in [-0.1, -0.05) is 17.7 Å². The Morgan fingerprint density at radius 1 is 1.42 bits per heavy atom. The van der Waals surface area contributed by atoms with Crippen molar-refractivity contribution in [2.75, 3.05) is 7.11 Å². The van der Waals surface area contributed by atoms with E-state index in [0.29, 0.717) is 6.54 Å². The average molecular weight is 186 g/mol. The number of hydrogen-bond donors (Lipinski definition) is 1. The standard InChI is InChI=1S/C9H12ClNO/c1-7-3-8(6-11-12-2)5-9(10)4-7/h3-5,11H,6H2,1-2H3. The minimum Gasteiger partial charge on any atom is -0.305 e. The fourth-order valence-corrected chi connectivity index (χ4v) is 1.38. The maximum absolute atomic E-state index is 5.86. The molecule has 1 N–H and O–H groups in total. The van der Waals surface area contributed by atoms with Crippen molar-refractivity contribution in [3.05, 3.63) is 34.3 Å². The molecule has 0 spiro atoms. The number of rotatable bonds is 3. The lowest BCUT2D eigenvalue weighted by atomic mass is 10.1. The lowest BCUT2D eigenvalue weighted by Gasteiger charge is -2.03. The first-order chi connectivity index (χ1) is 5.72. The van der Waals surface area contributed by atoms with Crippen LogP contribution in [0.4, 0.5) is 0 Å². The number of hydrogen-bond acceptors (Lipinski definition) is 2. The maximum atomic E-state index is 5.86. The first kappa shape index (κ1) is 9.52. The zero-order chi connectivity index (χ0) is 8.97. The van der Waals surface area contributed by atoms with Gasteiger partial charge in [0.2, 0.25) is 0 Å². The third-order valence-corrected chi connectivity index (χ3v) is 1.74. The van der Waals surface area contributed by atoms with Gasteiger partial charge in [-0.15, -0.1) is 0 Å². The molecule has 0 aromatic heterocycles. The molecular weight excluding hydrogens is 174 g/mol. The van der Waals surface area contributed by atoms with Gasteiger partial charge in [0.15, 0.2) is 0 Å². The van der Waals surface area contributed by atoms with Crippen LogP contribution in [0.3, 0.4) is 0 Å². The molecule has 0 saturated heterocycles. The highest BCUT2D eigenvalue weighted by Crippen LogP contribution is 2.14. The lowest BCUT2D eigenvalue weighted by Crippen LogP contribution is -2.10. The highest BCUT2D eigenvalue weighted by atomic mass is 35.5. The average Bonchev–Trinajstić information content (AvgIpc) is 1.99. The van der Waals surface area contributed by atoms with Gasteiger partial charge in [-0.25, -0.2) is 0 Å². The summed E-state index contributed by atoms with van der Waals surface area (Å²) in [5.41, 5.74) is 5.05. The van der Waals surface area contributed by atoms with Crippen molar-refractivity contribution in [3.63, 3.8) is 0 Å². The molecule has 0 saturated carbocycles. The fraction of sp³-hybridized carbons (Fsp3) is 0.333. The summed E-state index contributed by atoms with van der Waals surface area (Å²) >= 11 is 5.86. The fourth-order valence-electron chi connectivity index (χ4n) is 1.07. The molecule has 0 radical (unpaired) electrons. The highest BCUT2D eigenvalue weighted by molar-refractivity contribution is 6.30. The van der Waals surface area contributed by atoms with Crippen molar-refractivity contribution < 1.29 is 4.84 Å². The summed E-state index contributed by atoms with van der Waals surface area (Å²) in [6, 6.07) is 5.91. The van der Waals surface area contributed by atoms with Crippen LogP contribution in [0.1, 0.15) is 11.1 Å². The Kier molecular flexibility index (Phi) is 3.53. The van der Waals surface area contributed by atoms with Crippen molar-refractivity contribution >= 4 is 11.6 Å². The summed E-state index contributed by atoms with van der Waals surface area (Å²) in [5, 5.41) is 0.767. The molecule has 1 rings (SSSR count). The second-order valence-corrected chi connectivity index (χ2v) is 3.10. The third kappa shape index (κ3) is 2.81. The largest absolute Gasteiger partial charge is 0.305 e. The smallest absolute Gasteiger partial charge is 0.0572 e. The van der Waals surface area contributed by atoms with E-state index in [0.717, 1.165) is 16.1 Å². The van der Waals surface area contributed by atoms with Crippen molar-refractivity contribution in [2.24, 2.45) is 0 Å². The van der Waals surface area contributed by atoms with Crippen molar-refractivity contribution in [1.29, 1.82) is 0 Å². The van der Waals surface area contributed by atoms with Crippen LogP contribution in [-0.4, -0.2) is 7.11 Å². The number of halogens is 1. The first-order valence-electron chi connectivity index (χ1n) is 3.74. The Bertz CT molecular complexity index is 242. The van der Waals surface area contributed by atoms with Gasteiger partial charge in [0.1, 0.15) is 0 Å². The van der Waals surface area contributed by atoms with E-state index in [4.69, 9.17) is 16.4 Å². The third-order valence-electron chi connectivity index (χ3n) is 1.52. The van der Waals surface area contributed by atoms with E-state index in [1.807, 2.05) is 19.1 Å². The number of nitrogens with one attached hydrogen (secondary N) is 1. The van der Waals surface area contributed by atoms with Crippen molar-refractivity contribution in [1.82, 2.24) is 5.48 Å². The summed E-state index contributed by atoms with van der Waals surface area (Å²) in [7, 11) is 1.59. The number of aryl methyl sites for hydroxylation is 1. The monoisotopic (exact) mass is 185 g/mol. The van der Waals surface area contributed by atoms with E-state index in [1.54, 1.807) is 7.11 Å². The van der Waals surface area contributed by atoms with Crippen LogP contribution in [0.25, 0.3) is 0 Å². The molecule has 12 heavy (non-hydrogen) atoms.